The Hall–Kier alpha value is 0.350. The van der Waals surface area contributed by atoms with E-state index in [4.69, 9.17) is 22.5 Å². The van der Waals surface area contributed by atoms with E-state index in [0.717, 1.165) is 6.20 Å². The maximum Gasteiger partial charge on any atom is 0.239 e. The first kappa shape index (κ1) is 9.35. The molecule has 6 heteroatoms. The van der Waals surface area contributed by atoms with Crippen LogP contribution in [0.15, 0.2) is 17.0 Å². The number of hydrogen-bond donors (Lipinski definition) is 0. The summed E-state index contributed by atoms with van der Waals surface area (Å²) in [7, 11) is 0. The van der Waals surface area contributed by atoms with Gasteiger partial charge in [0.25, 0.3) is 0 Å². The molecule has 0 bridgehead atoms. The van der Waals surface area contributed by atoms with Crippen LogP contribution in [0, 0.1) is 0 Å². The van der Waals surface area contributed by atoms with Crippen molar-refractivity contribution in [3.63, 3.8) is 0 Å². The second-order valence-electron chi connectivity index (χ2n) is 1.02. The van der Waals surface area contributed by atoms with Crippen molar-refractivity contribution in [3.8, 4) is 0 Å². The molecule has 0 saturated carbocycles. The summed E-state index contributed by atoms with van der Waals surface area (Å²) < 4.78 is -2.37. The molecule has 0 aromatic heterocycles. The lowest BCUT2D eigenvalue weighted by Crippen LogP contribution is -1.48. The number of nitrogens with zero attached hydrogens (tertiary/aromatic N) is 1. The average Bonchev–Trinajstić information content (AvgIpc) is 1.63. The minimum absolute atomic E-state index is 1.15. The zero-order chi connectivity index (χ0) is 7.33. The number of halogens is 2. The summed E-state index contributed by atoms with van der Waals surface area (Å²) in [5.74, 6) is 1.30. The third-order valence-corrected chi connectivity index (χ3v) is 1.89. The zero-order valence-corrected chi connectivity index (χ0v) is 7.34. The molecule has 0 spiro atoms. The molecule has 0 aliphatic rings. The standard InChI is InChI=1S/C3H2Cl2NOPS/c4-8(5,9)2-1-6-3-7/h1-2H/b2-1+. The molecular formula is C3H2Cl2NOPS. The molecule has 0 aromatic rings. The summed E-state index contributed by atoms with van der Waals surface area (Å²) in [6.45, 7) is 0. The van der Waals surface area contributed by atoms with Crippen LogP contribution < -0.4 is 0 Å². The average molecular weight is 202 g/mol. The quantitative estimate of drug-likeness (QED) is 0.391. The first-order valence-electron chi connectivity index (χ1n) is 1.80. The Balaban J connectivity index is 4.02. The van der Waals surface area contributed by atoms with Gasteiger partial charge in [0.2, 0.25) is 6.08 Å². The Kier molecular flexibility index (Phi) is 4.37. The van der Waals surface area contributed by atoms with Crippen molar-refractivity contribution >= 4 is 45.1 Å². The summed E-state index contributed by atoms with van der Waals surface area (Å²) in [6, 6.07) is 0. The van der Waals surface area contributed by atoms with Gasteiger partial charge in [0.15, 0.2) is 0 Å². The van der Waals surface area contributed by atoms with Crippen LogP contribution in [0.2, 0.25) is 0 Å². The van der Waals surface area contributed by atoms with Crippen LogP contribution in [0.5, 0.6) is 0 Å². The molecule has 0 heterocycles. The van der Waals surface area contributed by atoms with Gasteiger partial charge in [0, 0.05) is 6.20 Å². The molecule has 0 N–H and O–H groups in total. The summed E-state index contributed by atoms with van der Waals surface area (Å²) in [4.78, 5) is 12.5. The number of aliphatic imine (C=N–C) groups is 1. The van der Waals surface area contributed by atoms with Gasteiger partial charge in [-0.05, 0) is 5.82 Å². The Morgan fingerprint density at radius 3 is 2.56 bits per heavy atom. The first-order chi connectivity index (χ1) is 4.06. The monoisotopic (exact) mass is 201 g/mol. The molecule has 0 aliphatic carbocycles. The second kappa shape index (κ2) is 4.21. The molecular weight excluding hydrogens is 200 g/mol. The Bertz CT molecular complexity index is 204. The minimum atomic E-state index is -2.37. The maximum atomic E-state index is 9.44. The fourth-order valence-electron chi connectivity index (χ4n) is 0.141. The van der Waals surface area contributed by atoms with Crippen LogP contribution in [-0.4, -0.2) is 6.08 Å². The van der Waals surface area contributed by atoms with Gasteiger partial charge in [-0.2, -0.15) is 4.99 Å². The summed E-state index contributed by atoms with van der Waals surface area (Å²) in [5, 5.41) is 0. The van der Waals surface area contributed by atoms with Gasteiger partial charge in [-0.25, -0.2) is 4.79 Å². The lowest BCUT2D eigenvalue weighted by molar-refractivity contribution is 0.565. The van der Waals surface area contributed by atoms with E-state index in [0.29, 0.717) is 0 Å². The molecule has 0 amide bonds. The van der Waals surface area contributed by atoms with E-state index < -0.39 is 4.74 Å². The van der Waals surface area contributed by atoms with Crippen molar-refractivity contribution < 1.29 is 4.79 Å². The largest absolute Gasteiger partial charge is 0.239 e. The number of hydrogen-bond acceptors (Lipinski definition) is 3. The van der Waals surface area contributed by atoms with Crippen molar-refractivity contribution in [1.29, 1.82) is 0 Å². The van der Waals surface area contributed by atoms with Crippen LogP contribution in [0.3, 0.4) is 0 Å². The number of rotatable bonds is 2. The predicted molar refractivity (Wildman–Crippen MR) is 43.3 cm³/mol. The Labute approximate surface area is 67.1 Å². The highest BCUT2D eigenvalue weighted by molar-refractivity contribution is 8.40. The molecule has 0 fully saturated rings. The molecule has 0 unspecified atom stereocenters. The summed E-state index contributed by atoms with van der Waals surface area (Å²) >= 11 is 15.3. The highest BCUT2D eigenvalue weighted by Crippen LogP contribution is 2.58. The smallest absolute Gasteiger partial charge is 0.211 e. The van der Waals surface area contributed by atoms with Crippen LogP contribution in [-0.2, 0) is 16.6 Å². The van der Waals surface area contributed by atoms with E-state index in [9.17, 15) is 4.79 Å². The second-order valence-corrected chi connectivity index (χ2v) is 8.97. The molecule has 0 rings (SSSR count). The van der Waals surface area contributed by atoms with Crippen molar-refractivity contribution in [2.45, 2.75) is 0 Å². The predicted octanol–water partition coefficient (Wildman–Crippen LogP) is 2.58. The van der Waals surface area contributed by atoms with Crippen LogP contribution in [0.4, 0.5) is 0 Å². The summed E-state index contributed by atoms with van der Waals surface area (Å²) in [5.41, 5.74) is 0. The fraction of sp³-hybridized carbons (Fsp3) is 0. The molecule has 0 saturated heterocycles. The molecule has 9 heavy (non-hydrogen) atoms. The molecule has 50 valence electrons. The molecule has 0 radical (unpaired) electrons. The minimum Gasteiger partial charge on any atom is -0.211 e. The van der Waals surface area contributed by atoms with E-state index in [2.05, 4.69) is 16.8 Å². The van der Waals surface area contributed by atoms with E-state index >= 15 is 0 Å². The Morgan fingerprint density at radius 1 is 1.67 bits per heavy atom. The number of carbonyl (C=O) groups excluding carboxylic acids is 1. The Morgan fingerprint density at radius 2 is 2.22 bits per heavy atom. The highest BCUT2D eigenvalue weighted by Gasteiger charge is 1.98. The van der Waals surface area contributed by atoms with E-state index in [1.165, 1.54) is 11.9 Å². The van der Waals surface area contributed by atoms with Crippen molar-refractivity contribution in [3.05, 3.63) is 12.0 Å². The fourth-order valence-corrected chi connectivity index (χ4v) is 0.829. The lowest BCUT2D eigenvalue weighted by Gasteiger charge is -1.89. The molecule has 0 aliphatic heterocycles. The van der Waals surface area contributed by atoms with Gasteiger partial charge in [0.05, 0.1) is 0 Å². The van der Waals surface area contributed by atoms with E-state index in [-0.39, 0.29) is 0 Å². The molecule has 2 nitrogen and oxygen atoms in total. The first-order valence-corrected chi connectivity index (χ1v) is 6.48. The van der Waals surface area contributed by atoms with Crippen LogP contribution in [0.1, 0.15) is 0 Å². The van der Waals surface area contributed by atoms with Crippen molar-refractivity contribution in [2.75, 3.05) is 0 Å². The third kappa shape index (κ3) is 8.35. The SMILES string of the molecule is O=C=N/C=C/P(=S)(Cl)Cl. The van der Waals surface area contributed by atoms with Gasteiger partial charge in [-0.15, -0.1) is 0 Å². The highest BCUT2D eigenvalue weighted by atomic mass is 35.9. The normalized spacial score (nSPS) is 11.3. The molecule has 0 aromatic carbocycles. The van der Waals surface area contributed by atoms with E-state index in [1.807, 2.05) is 0 Å². The molecule has 0 atom stereocenters. The van der Waals surface area contributed by atoms with E-state index in [1.54, 1.807) is 0 Å². The van der Waals surface area contributed by atoms with Gasteiger partial charge in [-0.3, -0.25) is 0 Å². The zero-order valence-electron chi connectivity index (χ0n) is 4.12. The van der Waals surface area contributed by atoms with Gasteiger partial charge in [0.1, 0.15) is 4.74 Å². The summed E-state index contributed by atoms with van der Waals surface area (Å²) in [6.07, 6.45) is 2.43. The topological polar surface area (TPSA) is 29.4 Å². The maximum absolute atomic E-state index is 9.44. The third-order valence-electron chi connectivity index (χ3n) is 0.367. The lowest BCUT2D eigenvalue weighted by atomic mass is 11.0. The van der Waals surface area contributed by atoms with Gasteiger partial charge in [-0.1, -0.05) is 34.3 Å². The van der Waals surface area contributed by atoms with Crippen LogP contribution in [0.25, 0.3) is 0 Å². The van der Waals surface area contributed by atoms with Crippen LogP contribution >= 0.6 is 27.2 Å². The van der Waals surface area contributed by atoms with Crippen molar-refractivity contribution in [1.82, 2.24) is 0 Å². The number of isocyanates is 1. The van der Waals surface area contributed by atoms with Crippen molar-refractivity contribution in [2.24, 2.45) is 4.99 Å². The van der Waals surface area contributed by atoms with Gasteiger partial charge < -0.3 is 0 Å². The van der Waals surface area contributed by atoms with Gasteiger partial charge >= 0.3 is 0 Å².